The largest absolute Gasteiger partial charge is 0.255 e. The second kappa shape index (κ2) is 10.00. The van der Waals surface area contributed by atoms with Gasteiger partial charge in [0.05, 0.1) is 22.8 Å². The fraction of sp³-hybridized carbons (Fsp3) is 0.105. The molecule has 0 saturated heterocycles. The van der Waals surface area contributed by atoms with Gasteiger partial charge in [0.25, 0.3) is 0 Å². The summed E-state index contributed by atoms with van der Waals surface area (Å²) in [7, 11) is 0. The Balaban J connectivity index is 3.32. The van der Waals surface area contributed by atoms with Gasteiger partial charge in [-0.15, -0.1) is 0 Å². The van der Waals surface area contributed by atoms with Crippen LogP contribution in [0.1, 0.15) is 25.2 Å². The zero-order valence-corrected chi connectivity index (χ0v) is 13.1. The van der Waals surface area contributed by atoms with Crippen molar-refractivity contribution in [2.75, 3.05) is 0 Å². The molecule has 1 rings (SSSR count). The predicted octanol–water partition coefficient (Wildman–Crippen LogP) is 4.76. The maximum atomic E-state index is 4.64. The van der Waals surface area contributed by atoms with Gasteiger partial charge >= 0.3 is 0 Å². The maximum Gasteiger partial charge on any atom is 0.0894 e. The van der Waals surface area contributed by atoms with Crippen molar-refractivity contribution in [3.05, 3.63) is 85.4 Å². The lowest BCUT2D eigenvalue weighted by molar-refractivity contribution is 1.23. The van der Waals surface area contributed by atoms with E-state index in [1.54, 1.807) is 24.6 Å². The summed E-state index contributed by atoms with van der Waals surface area (Å²) in [5, 5.41) is 0. The predicted molar refractivity (Wildman–Crippen MR) is 97.3 cm³/mol. The molecule has 1 aromatic heterocycles. The van der Waals surface area contributed by atoms with Crippen molar-refractivity contribution in [2.24, 2.45) is 9.98 Å². The summed E-state index contributed by atoms with van der Waals surface area (Å²) in [4.78, 5) is 13.4. The summed E-state index contributed by atoms with van der Waals surface area (Å²) in [6, 6.07) is 5.77. The average molecular weight is 291 g/mol. The Morgan fingerprint density at radius 1 is 1.09 bits per heavy atom. The number of hydrogen-bond donors (Lipinski definition) is 0. The van der Waals surface area contributed by atoms with E-state index in [1.165, 1.54) is 0 Å². The van der Waals surface area contributed by atoms with Crippen LogP contribution in [-0.2, 0) is 0 Å². The zero-order chi connectivity index (χ0) is 16.2. The van der Waals surface area contributed by atoms with Gasteiger partial charge in [-0.1, -0.05) is 43.5 Å². The second-order valence-corrected chi connectivity index (χ2v) is 4.21. The number of rotatable bonds is 7. The summed E-state index contributed by atoms with van der Waals surface area (Å²) in [5.41, 5.74) is 3.07. The average Bonchev–Trinajstić information content (AvgIpc) is 2.55. The Labute approximate surface area is 132 Å². The van der Waals surface area contributed by atoms with E-state index in [0.717, 1.165) is 22.8 Å². The molecule has 22 heavy (non-hydrogen) atoms. The Morgan fingerprint density at radius 3 is 2.50 bits per heavy atom. The van der Waals surface area contributed by atoms with Gasteiger partial charge in [-0.25, -0.2) is 4.98 Å². The summed E-state index contributed by atoms with van der Waals surface area (Å²) < 4.78 is 0. The molecule has 112 valence electrons. The highest BCUT2D eigenvalue weighted by atomic mass is 14.8. The first-order valence-electron chi connectivity index (χ1n) is 7.04. The van der Waals surface area contributed by atoms with Crippen LogP contribution in [0.5, 0.6) is 0 Å². The molecular formula is C19H21N3. The molecule has 0 fully saturated rings. The topological polar surface area (TPSA) is 37.6 Å². The number of aliphatic imine (C=N–C) groups is 2. The molecule has 3 nitrogen and oxygen atoms in total. The lowest BCUT2D eigenvalue weighted by Crippen LogP contribution is -2.02. The number of pyridine rings is 1. The summed E-state index contributed by atoms with van der Waals surface area (Å²) in [6.07, 6.45) is 14.2. The van der Waals surface area contributed by atoms with E-state index < -0.39 is 0 Å². The van der Waals surface area contributed by atoms with Gasteiger partial charge in [0.2, 0.25) is 0 Å². The molecule has 3 heteroatoms. The van der Waals surface area contributed by atoms with Crippen LogP contribution in [0.2, 0.25) is 0 Å². The van der Waals surface area contributed by atoms with E-state index >= 15 is 0 Å². The van der Waals surface area contributed by atoms with Gasteiger partial charge in [-0.05, 0) is 38.1 Å². The monoisotopic (exact) mass is 291 g/mol. The van der Waals surface area contributed by atoms with E-state index in [9.17, 15) is 0 Å². The Hall–Kier alpha value is -2.81. The molecule has 0 aliphatic heterocycles. The molecule has 0 N–H and O–H groups in total. The van der Waals surface area contributed by atoms with Gasteiger partial charge < -0.3 is 0 Å². The first-order chi connectivity index (χ1) is 10.8. The molecule has 1 aromatic rings. The number of aromatic nitrogens is 1. The third kappa shape index (κ3) is 5.29. The van der Waals surface area contributed by atoms with Crippen LogP contribution in [0, 0.1) is 0 Å². The normalized spacial score (nSPS) is 13.4. The molecular weight excluding hydrogens is 270 g/mol. The molecule has 0 aliphatic carbocycles. The van der Waals surface area contributed by atoms with E-state index in [0.29, 0.717) is 0 Å². The number of nitrogens with zero attached hydrogens (tertiary/aromatic N) is 3. The fourth-order valence-corrected chi connectivity index (χ4v) is 1.67. The maximum absolute atomic E-state index is 4.64. The van der Waals surface area contributed by atoms with E-state index in [-0.39, 0.29) is 0 Å². The molecule has 0 saturated carbocycles. The first kappa shape index (κ1) is 17.2. The van der Waals surface area contributed by atoms with E-state index in [1.807, 2.05) is 56.4 Å². The molecule has 1 heterocycles. The molecule has 0 aliphatic rings. The standard InChI is InChI=1S/C19H21N3/c1-5-10-16(20-14-7-3)18-12-9-13-19(22-18)17(11-6-2)21-15-8-4/h5-15H,1,3H2,2,4H3/b11-6-,15-8-,16-10-,20-14?,21-17+. The van der Waals surface area contributed by atoms with Crippen LogP contribution in [0.4, 0.5) is 0 Å². The van der Waals surface area contributed by atoms with Gasteiger partial charge in [0.15, 0.2) is 0 Å². The minimum Gasteiger partial charge on any atom is -0.255 e. The van der Waals surface area contributed by atoms with Crippen LogP contribution in [-0.4, -0.2) is 16.9 Å². The number of hydrogen-bond acceptors (Lipinski definition) is 3. The number of allylic oxidation sites excluding steroid dienone is 6. The molecule has 0 atom stereocenters. The lowest BCUT2D eigenvalue weighted by Gasteiger charge is -2.05. The highest BCUT2D eigenvalue weighted by Crippen LogP contribution is 2.14. The van der Waals surface area contributed by atoms with Crippen LogP contribution in [0.15, 0.2) is 84.0 Å². The molecule has 0 amide bonds. The van der Waals surface area contributed by atoms with Crippen molar-refractivity contribution in [1.29, 1.82) is 0 Å². The molecule has 0 unspecified atom stereocenters. The highest BCUT2D eigenvalue weighted by molar-refractivity contribution is 6.07. The lowest BCUT2D eigenvalue weighted by atomic mass is 10.2. The van der Waals surface area contributed by atoms with E-state index in [2.05, 4.69) is 28.1 Å². The van der Waals surface area contributed by atoms with Gasteiger partial charge in [-0.3, -0.25) is 9.98 Å². The second-order valence-electron chi connectivity index (χ2n) is 4.21. The van der Waals surface area contributed by atoms with Crippen LogP contribution in [0.25, 0.3) is 5.70 Å². The smallest absolute Gasteiger partial charge is 0.0894 e. The van der Waals surface area contributed by atoms with Gasteiger partial charge in [0.1, 0.15) is 0 Å². The highest BCUT2D eigenvalue weighted by Gasteiger charge is 2.05. The minimum atomic E-state index is 0.725. The summed E-state index contributed by atoms with van der Waals surface area (Å²) in [6.45, 7) is 11.2. The van der Waals surface area contributed by atoms with Crippen molar-refractivity contribution < 1.29 is 0 Å². The zero-order valence-electron chi connectivity index (χ0n) is 13.1. The van der Waals surface area contributed by atoms with Crippen molar-refractivity contribution in [3.8, 4) is 0 Å². The Bertz CT molecular complexity index is 642. The van der Waals surface area contributed by atoms with Gasteiger partial charge in [0, 0.05) is 12.4 Å². The third-order valence-electron chi connectivity index (χ3n) is 2.56. The first-order valence-corrected chi connectivity index (χ1v) is 7.04. The SMILES string of the molecule is C=CC=N/C(=C\C=C)c1cccc(C(/C=C\C)=N/C=C\C)n1. The molecule has 0 aromatic carbocycles. The van der Waals surface area contributed by atoms with Crippen LogP contribution < -0.4 is 0 Å². The summed E-state index contributed by atoms with van der Waals surface area (Å²) in [5.74, 6) is 0. The quantitative estimate of drug-likeness (QED) is 0.527. The van der Waals surface area contributed by atoms with Gasteiger partial charge in [-0.2, -0.15) is 0 Å². The van der Waals surface area contributed by atoms with Crippen LogP contribution in [0.3, 0.4) is 0 Å². The Morgan fingerprint density at radius 2 is 1.86 bits per heavy atom. The van der Waals surface area contributed by atoms with Crippen LogP contribution >= 0.6 is 0 Å². The molecule has 0 spiro atoms. The van der Waals surface area contributed by atoms with E-state index in [4.69, 9.17) is 0 Å². The Kier molecular flexibility index (Phi) is 7.83. The third-order valence-corrected chi connectivity index (χ3v) is 2.56. The van der Waals surface area contributed by atoms with Crippen molar-refractivity contribution in [2.45, 2.75) is 13.8 Å². The minimum absolute atomic E-state index is 0.725. The van der Waals surface area contributed by atoms with Crippen molar-refractivity contribution >= 4 is 17.6 Å². The molecule has 0 bridgehead atoms. The molecule has 0 radical (unpaired) electrons. The van der Waals surface area contributed by atoms with Crippen molar-refractivity contribution in [1.82, 2.24) is 4.98 Å². The summed E-state index contributed by atoms with van der Waals surface area (Å²) >= 11 is 0. The fourth-order valence-electron chi connectivity index (χ4n) is 1.67. The van der Waals surface area contributed by atoms with Crippen molar-refractivity contribution in [3.63, 3.8) is 0 Å².